The number of aryl methyl sites for hydroxylation is 1. The molecule has 0 fully saturated rings. The molecule has 0 spiro atoms. The Morgan fingerprint density at radius 1 is 1.30 bits per heavy atom. The molecule has 0 atom stereocenters. The quantitative estimate of drug-likeness (QED) is 0.550. The number of ketones is 1. The standard InChI is InChI=1S/C14H13BrO3S2/c1-9-2-4-12(20-9)11(16)3-5-14(17)18-7-10-6-13(15)19-8-10/h2,4,6,8H,3,5,7H2,1H3. The van der Waals surface area contributed by atoms with Crippen LogP contribution in [0.1, 0.15) is 33.0 Å². The second-order valence-electron chi connectivity index (χ2n) is 4.25. The highest BCUT2D eigenvalue weighted by molar-refractivity contribution is 9.11. The van der Waals surface area contributed by atoms with Crippen molar-refractivity contribution in [1.29, 1.82) is 0 Å². The fourth-order valence-electron chi connectivity index (χ4n) is 1.58. The van der Waals surface area contributed by atoms with E-state index in [9.17, 15) is 9.59 Å². The molecular formula is C14H13BrO3S2. The highest BCUT2D eigenvalue weighted by Gasteiger charge is 2.12. The van der Waals surface area contributed by atoms with Crippen LogP contribution in [0.15, 0.2) is 27.4 Å². The Morgan fingerprint density at radius 3 is 2.70 bits per heavy atom. The van der Waals surface area contributed by atoms with Crippen LogP contribution >= 0.6 is 38.6 Å². The summed E-state index contributed by atoms with van der Waals surface area (Å²) in [7, 11) is 0. The molecule has 20 heavy (non-hydrogen) atoms. The Hall–Kier alpha value is -0.980. The SMILES string of the molecule is Cc1ccc(C(=O)CCC(=O)OCc2csc(Br)c2)s1. The second-order valence-corrected chi connectivity index (χ2v) is 7.83. The fourth-order valence-corrected chi connectivity index (χ4v) is 3.61. The Morgan fingerprint density at radius 2 is 2.10 bits per heavy atom. The molecule has 2 heterocycles. The molecule has 0 saturated carbocycles. The highest BCUT2D eigenvalue weighted by Crippen LogP contribution is 2.21. The van der Waals surface area contributed by atoms with Crippen molar-refractivity contribution in [3.63, 3.8) is 0 Å². The molecule has 0 aliphatic heterocycles. The molecule has 2 aromatic rings. The van der Waals surface area contributed by atoms with Crippen molar-refractivity contribution in [2.24, 2.45) is 0 Å². The van der Waals surface area contributed by atoms with E-state index in [-0.39, 0.29) is 31.2 Å². The maximum absolute atomic E-state index is 11.8. The van der Waals surface area contributed by atoms with Gasteiger partial charge in [-0.25, -0.2) is 0 Å². The van der Waals surface area contributed by atoms with Crippen LogP contribution < -0.4 is 0 Å². The van der Waals surface area contributed by atoms with Gasteiger partial charge in [-0.15, -0.1) is 22.7 Å². The van der Waals surface area contributed by atoms with Crippen molar-refractivity contribution in [3.05, 3.63) is 42.7 Å². The van der Waals surface area contributed by atoms with Crippen molar-refractivity contribution in [2.75, 3.05) is 0 Å². The van der Waals surface area contributed by atoms with Gasteiger partial charge in [-0.05, 0) is 46.4 Å². The molecule has 2 aromatic heterocycles. The van der Waals surface area contributed by atoms with E-state index in [4.69, 9.17) is 4.74 Å². The Balaban J connectivity index is 1.73. The lowest BCUT2D eigenvalue weighted by Crippen LogP contribution is -2.07. The maximum atomic E-state index is 11.8. The van der Waals surface area contributed by atoms with Gasteiger partial charge in [-0.3, -0.25) is 9.59 Å². The zero-order valence-corrected chi connectivity index (χ0v) is 14.1. The van der Waals surface area contributed by atoms with Gasteiger partial charge in [-0.1, -0.05) is 0 Å². The number of carbonyl (C=O) groups is 2. The Kier molecular flexibility index (Phi) is 5.51. The van der Waals surface area contributed by atoms with Crippen molar-refractivity contribution in [2.45, 2.75) is 26.4 Å². The summed E-state index contributed by atoms with van der Waals surface area (Å²) in [6.07, 6.45) is 0.327. The van der Waals surface area contributed by atoms with Crippen molar-refractivity contribution in [3.8, 4) is 0 Å². The Labute approximate surface area is 133 Å². The lowest BCUT2D eigenvalue weighted by atomic mass is 10.2. The summed E-state index contributed by atoms with van der Waals surface area (Å²) < 4.78 is 6.14. The molecule has 0 aromatic carbocycles. The largest absolute Gasteiger partial charge is 0.461 e. The number of carbonyl (C=O) groups excluding carboxylic acids is 2. The summed E-state index contributed by atoms with van der Waals surface area (Å²) in [6.45, 7) is 2.21. The summed E-state index contributed by atoms with van der Waals surface area (Å²) >= 11 is 6.35. The predicted octanol–water partition coefficient (Wildman–Crippen LogP) is 4.59. The van der Waals surface area contributed by atoms with E-state index in [2.05, 4.69) is 15.9 Å². The third kappa shape index (κ3) is 4.54. The average molecular weight is 373 g/mol. The predicted molar refractivity (Wildman–Crippen MR) is 84.4 cm³/mol. The summed E-state index contributed by atoms with van der Waals surface area (Å²) in [4.78, 5) is 25.2. The summed E-state index contributed by atoms with van der Waals surface area (Å²) in [5.74, 6) is -0.340. The van der Waals surface area contributed by atoms with Gasteiger partial charge in [0.05, 0.1) is 15.1 Å². The molecule has 0 bridgehead atoms. The second kappa shape index (κ2) is 7.15. The first kappa shape index (κ1) is 15.4. The van der Waals surface area contributed by atoms with Crippen molar-refractivity contribution < 1.29 is 14.3 Å². The summed E-state index contributed by atoms with van der Waals surface area (Å²) in [5.41, 5.74) is 0.954. The molecule has 0 aliphatic rings. The van der Waals surface area contributed by atoms with Crippen LogP contribution in [0.4, 0.5) is 0 Å². The van der Waals surface area contributed by atoms with E-state index in [1.54, 1.807) is 17.4 Å². The van der Waals surface area contributed by atoms with Crippen LogP contribution in [0, 0.1) is 6.92 Å². The summed E-state index contributed by atoms with van der Waals surface area (Å²) in [5, 5.41) is 1.93. The number of esters is 1. The van der Waals surface area contributed by atoms with Crippen LogP contribution in [-0.2, 0) is 16.1 Å². The van der Waals surface area contributed by atoms with Crippen LogP contribution in [0.5, 0.6) is 0 Å². The molecule has 0 aliphatic carbocycles. The molecule has 0 amide bonds. The minimum Gasteiger partial charge on any atom is -0.461 e. The van der Waals surface area contributed by atoms with Gasteiger partial charge in [0, 0.05) is 16.9 Å². The van der Waals surface area contributed by atoms with E-state index in [0.29, 0.717) is 4.88 Å². The number of halogens is 1. The number of hydrogen-bond acceptors (Lipinski definition) is 5. The highest BCUT2D eigenvalue weighted by atomic mass is 79.9. The van der Waals surface area contributed by atoms with Gasteiger partial charge in [0.1, 0.15) is 6.61 Å². The fraction of sp³-hybridized carbons (Fsp3) is 0.286. The van der Waals surface area contributed by atoms with Crippen molar-refractivity contribution >= 4 is 50.4 Å². The van der Waals surface area contributed by atoms with Gasteiger partial charge in [-0.2, -0.15) is 0 Å². The van der Waals surface area contributed by atoms with Gasteiger partial charge in [0.25, 0.3) is 0 Å². The van der Waals surface area contributed by atoms with Crippen LogP contribution in [0.25, 0.3) is 0 Å². The third-order valence-corrected chi connectivity index (χ3v) is 5.19. The van der Waals surface area contributed by atoms with Crippen molar-refractivity contribution in [1.82, 2.24) is 0 Å². The zero-order valence-electron chi connectivity index (χ0n) is 10.8. The van der Waals surface area contributed by atoms with E-state index >= 15 is 0 Å². The first-order chi connectivity index (χ1) is 9.54. The topological polar surface area (TPSA) is 43.4 Å². The number of hydrogen-bond donors (Lipinski definition) is 0. The molecule has 0 radical (unpaired) electrons. The molecule has 106 valence electrons. The van der Waals surface area contributed by atoms with Gasteiger partial charge < -0.3 is 4.74 Å². The molecule has 3 nitrogen and oxygen atoms in total. The monoisotopic (exact) mass is 372 g/mol. The molecule has 6 heteroatoms. The van der Waals surface area contributed by atoms with Crippen LogP contribution in [0.2, 0.25) is 0 Å². The van der Waals surface area contributed by atoms with Gasteiger partial charge in [0.15, 0.2) is 5.78 Å². The van der Waals surface area contributed by atoms with E-state index in [1.807, 2.05) is 24.4 Å². The number of ether oxygens (including phenoxy) is 1. The normalized spacial score (nSPS) is 10.5. The zero-order chi connectivity index (χ0) is 14.5. The lowest BCUT2D eigenvalue weighted by molar-refractivity contribution is -0.144. The minimum atomic E-state index is -0.339. The molecule has 2 rings (SSSR count). The number of rotatable bonds is 6. The minimum absolute atomic E-state index is 0.00155. The number of thiophene rings is 2. The molecule has 0 saturated heterocycles. The van der Waals surface area contributed by atoms with E-state index < -0.39 is 0 Å². The van der Waals surface area contributed by atoms with Crippen LogP contribution in [0.3, 0.4) is 0 Å². The first-order valence-electron chi connectivity index (χ1n) is 6.03. The average Bonchev–Trinajstić information content (AvgIpc) is 3.02. The Bertz CT molecular complexity index is 615. The number of Topliss-reactive ketones (excluding diaryl/α,β-unsaturated/α-hetero) is 1. The van der Waals surface area contributed by atoms with Gasteiger partial charge >= 0.3 is 5.97 Å². The van der Waals surface area contributed by atoms with Gasteiger partial charge in [0.2, 0.25) is 0 Å². The van der Waals surface area contributed by atoms with E-state index in [1.165, 1.54) is 11.3 Å². The maximum Gasteiger partial charge on any atom is 0.306 e. The smallest absolute Gasteiger partial charge is 0.306 e. The summed E-state index contributed by atoms with van der Waals surface area (Å²) in [6, 6.07) is 5.62. The first-order valence-corrected chi connectivity index (χ1v) is 8.51. The third-order valence-electron chi connectivity index (χ3n) is 2.59. The molecular weight excluding hydrogens is 360 g/mol. The van der Waals surface area contributed by atoms with E-state index in [0.717, 1.165) is 14.2 Å². The lowest BCUT2D eigenvalue weighted by Gasteiger charge is -2.02. The molecule has 0 N–H and O–H groups in total. The van der Waals surface area contributed by atoms with Crippen LogP contribution in [-0.4, -0.2) is 11.8 Å². The molecule has 0 unspecified atom stereocenters.